The summed E-state index contributed by atoms with van der Waals surface area (Å²) in [4.78, 5) is 20.7. The summed E-state index contributed by atoms with van der Waals surface area (Å²) in [5.74, 6) is 3.39. The minimum atomic E-state index is 0.657. The smallest absolute Gasteiger partial charge is 0.177 e. The van der Waals surface area contributed by atoms with E-state index in [-0.39, 0.29) is 0 Å². The Morgan fingerprint density at radius 1 is 1.05 bits per heavy atom. The van der Waals surface area contributed by atoms with E-state index in [1.165, 1.54) is 41.8 Å². The second-order valence-corrected chi connectivity index (χ2v) is 10.5. The van der Waals surface area contributed by atoms with Gasteiger partial charge in [-0.2, -0.15) is 0 Å². The number of aromatic nitrogens is 5. The lowest BCUT2D eigenvalue weighted by Gasteiger charge is -2.23. The number of nitrogens with zero attached hydrogens (tertiary/aromatic N) is 4. The van der Waals surface area contributed by atoms with Crippen molar-refractivity contribution in [1.29, 1.82) is 0 Å². The molecule has 0 fully saturated rings. The van der Waals surface area contributed by atoms with Gasteiger partial charge in [-0.3, -0.25) is 0 Å². The van der Waals surface area contributed by atoms with Crippen molar-refractivity contribution in [3.05, 3.63) is 65.1 Å². The monoisotopic (exact) mass is 499 g/mol. The molecule has 0 spiro atoms. The van der Waals surface area contributed by atoms with Crippen LogP contribution in [0.4, 0.5) is 0 Å². The Bertz CT molecular complexity index is 1330. The summed E-state index contributed by atoms with van der Waals surface area (Å²) in [5, 5.41) is 0. The molecule has 0 amide bonds. The first-order valence-corrected chi connectivity index (χ1v) is 13.8. The molecule has 5 rings (SSSR count). The van der Waals surface area contributed by atoms with Gasteiger partial charge in [0.25, 0.3) is 0 Å². The largest absolute Gasteiger partial charge is 0.493 e. The third-order valence-electron chi connectivity index (χ3n) is 7.30. The van der Waals surface area contributed by atoms with Gasteiger partial charge in [0.05, 0.1) is 12.1 Å². The van der Waals surface area contributed by atoms with Crippen molar-refractivity contribution in [3.8, 4) is 16.9 Å². The molecular weight excluding hydrogens is 458 g/mol. The van der Waals surface area contributed by atoms with E-state index in [1.54, 1.807) is 6.33 Å². The van der Waals surface area contributed by atoms with Crippen LogP contribution in [-0.2, 0) is 19.3 Å². The average molecular weight is 500 g/mol. The quantitative estimate of drug-likeness (QED) is 0.290. The van der Waals surface area contributed by atoms with E-state index in [1.807, 2.05) is 13.1 Å². The van der Waals surface area contributed by atoms with E-state index < -0.39 is 0 Å². The third kappa shape index (κ3) is 6.73. The molecule has 0 radical (unpaired) electrons. The van der Waals surface area contributed by atoms with Crippen molar-refractivity contribution in [2.75, 3.05) is 6.61 Å². The van der Waals surface area contributed by atoms with E-state index in [0.717, 1.165) is 65.7 Å². The number of pyridine rings is 1. The number of fused-ring (bicyclic) bond motifs is 2. The van der Waals surface area contributed by atoms with E-state index in [2.05, 4.69) is 83.8 Å². The first-order valence-electron chi connectivity index (χ1n) is 13.8. The molecule has 4 aromatic rings. The van der Waals surface area contributed by atoms with E-state index in [9.17, 15) is 0 Å². The first-order chi connectivity index (χ1) is 17.9. The molecule has 6 heteroatoms. The van der Waals surface area contributed by atoms with Crippen LogP contribution in [0.5, 0.6) is 5.75 Å². The summed E-state index contributed by atoms with van der Waals surface area (Å²) in [5.41, 5.74) is 9.11. The molecule has 196 valence electrons. The van der Waals surface area contributed by atoms with Crippen LogP contribution < -0.4 is 4.74 Å². The third-order valence-corrected chi connectivity index (χ3v) is 7.30. The molecule has 0 bridgehead atoms. The molecule has 3 aromatic heterocycles. The number of aryl methyl sites for hydroxylation is 3. The zero-order valence-corrected chi connectivity index (χ0v) is 23.3. The van der Waals surface area contributed by atoms with Crippen LogP contribution >= 0.6 is 0 Å². The molecule has 0 saturated heterocycles. The van der Waals surface area contributed by atoms with E-state index >= 15 is 0 Å². The predicted octanol–water partition coefficient (Wildman–Crippen LogP) is 7.22. The van der Waals surface area contributed by atoms with Gasteiger partial charge in [0.15, 0.2) is 5.65 Å². The number of ether oxygens (including phenoxy) is 1. The van der Waals surface area contributed by atoms with Gasteiger partial charge in [-0.1, -0.05) is 40.2 Å². The van der Waals surface area contributed by atoms with Crippen LogP contribution in [0.3, 0.4) is 0 Å². The SMILES string of the molecule is CCC1CCc2c(C)ncnc2C1.CCc1cc(-c2cnc3nc(C)[nH]c3c2)ccc1OCCC(C)C. The summed E-state index contributed by atoms with van der Waals surface area (Å²) in [6.07, 6.45) is 10.5. The highest BCUT2D eigenvalue weighted by Gasteiger charge is 2.19. The van der Waals surface area contributed by atoms with Crippen molar-refractivity contribution in [2.24, 2.45) is 11.8 Å². The second kappa shape index (κ2) is 12.3. The molecule has 0 aliphatic heterocycles. The molecule has 6 nitrogen and oxygen atoms in total. The number of imidazole rings is 1. The fourth-order valence-corrected chi connectivity index (χ4v) is 4.88. The highest BCUT2D eigenvalue weighted by molar-refractivity contribution is 5.78. The standard InChI is InChI=1S/C20H25N3O.C11H16N2/c1-5-15-10-16(6-7-19(15)24-9-8-13(2)3)17-11-18-20(21-12-17)23-14(4)22-18;1-3-9-4-5-10-8(2)12-7-13-11(10)6-9/h6-7,10-13H,5,8-9H2,1-4H3,(H,21,22,23);7,9H,3-6H2,1-2H3. The molecular formula is C31H41N5O. The number of benzene rings is 1. The Kier molecular flexibility index (Phi) is 8.91. The van der Waals surface area contributed by atoms with Gasteiger partial charge in [0, 0.05) is 23.1 Å². The minimum Gasteiger partial charge on any atom is -0.493 e. The highest BCUT2D eigenvalue weighted by atomic mass is 16.5. The number of hydrogen-bond donors (Lipinski definition) is 1. The van der Waals surface area contributed by atoms with Gasteiger partial charge in [-0.15, -0.1) is 0 Å². The molecule has 37 heavy (non-hydrogen) atoms. The van der Waals surface area contributed by atoms with Gasteiger partial charge in [0.2, 0.25) is 0 Å². The average Bonchev–Trinajstić information content (AvgIpc) is 3.28. The number of hydrogen-bond acceptors (Lipinski definition) is 5. The van der Waals surface area contributed by atoms with Gasteiger partial charge in [0.1, 0.15) is 17.9 Å². The van der Waals surface area contributed by atoms with Crippen molar-refractivity contribution < 1.29 is 4.74 Å². The molecule has 1 aromatic carbocycles. The summed E-state index contributed by atoms with van der Waals surface area (Å²) < 4.78 is 5.97. The number of aromatic amines is 1. The summed E-state index contributed by atoms with van der Waals surface area (Å²) in [7, 11) is 0. The molecule has 1 atom stereocenters. The summed E-state index contributed by atoms with van der Waals surface area (Å²) in [6.45, 7) is 13.7. The van der Waals surface area contributed by atoms with E-state index in [4.69, 9.17) is 4.74 Å². The lowest BCUT2D eigenvalue weighted by atomic mass is 9.85. The maximum Gasteiger partial charge on any atom is 0.177 e. The van der Waals surface area contributed by atoms with Crippen LogP contribution in [-0.4, -0.2) is 31.5 Å². The predicted molar refractivity (Wildman–Crippen MR) is 151 cm³/mol. The topological polar surface area (TPSA) is 76.6 Å². The lowest BCUT2D eigenvalue weighted by molar-refractivity contribution is 0.287. The zero-order chi connectivity index (χ0) is 26.4. The maximum absolute atomic E-state index is 5.97. The van der Waals surface area contributed by atoms with E-state index in [0.29, 0.717) is 5.92 Å². The second-order valence-electron chi connectivity index (χ2n) is 10.5. The molecule has 1 aliphatic rings. The minimum absolute atomic E-state index is 0.657. The molecule has 0 saturated carbocycles. The zero-order valence-electron chi connectivity index (χ0n) is 23.3. The Morgan fingerprint density at radius 3 is 2.65 bits per heavy atom. The Hall–Kier alpha value is -3.28. The Morgan fingerprint density at radius 2 is 1.89 bits per heavy atom. The van der Waals surface area contributed by atoms with Gasteiger partial charge >= 0.3 is 0 Å². The molecule has 1 unspecified atom stereocenters. The van der Waals surface area contributed by atoms with Crippen molar-refractivity contribution in [1.82, 2.24) is 24.9 Å². The lowest BCUT2D eigenvalue weighted by Crippen LogP contribution is -2.16. The number of rotatable bonds is 7. The van der Waals surface area contributed by atoms with Crippen molar-refractivity contribution in [3.63, 3.8) is 0 Å². The van der Waals surface area contributed by atoms with Gasteiger partial charge in [-0.25, -0.2) is 19.9 Å². The van der Waals surface area contributed by atoms with Crippen LogP contribution in [0.15, 0.2) is 36.8 Å². The number of nitrogens with one attached hydrogen (secondary N) is 1. The summed E-state index contributed by atoms with van der Waals surface area (Å²) >= 11 is 0. The molecule has 1 N–H and O–H groups in total. The molecule has 1 aliphatic carbocycles. The highest BCUT2D eigenvalue weighted by Crippen LogP contribution is 2.29. The van der Waals surface area contributed by atoms with Crippen LogP contribution in [0.25, 0.3) is 22.3 Å². The molecule has 3 heterocycles. The number of H-pyrrole nitrogens is 1. The van der Waals surface area contributed by atoms with Crippen LogP contribution in [0.2, 0.25) is 0 Å². The van der Waals surface area contributed by atoms with Gasteiger partial charge in [-0.05, 0) is 92.7 Å². The van der Waals surface area contributed by atoms with Gasteiger partial charge < -0.3 is 9.72 Å². The van der Waals surface area contributed by atoms with Crippen LogP contribution in [0, 0.1) is 25.7 Å². The fraction of sp³-hybridized carbons (Fsp3) is 0.484. The van der Waals surface area contributed by atoms with Crippen molar-refractivity contribution >= 4 is 11.2 Å². The summed E-state index contributed by atoms with van der Waals surface area (Å²) in [6, 6.07) is 8.50. The first kappa shape index (κ1) is 26.8. The Labute approximate surface area is 221 Å². The maximum atomic E-state index is 5.97. The van der Waals surface area contributed by atoms with Crippen LogP contribution in [0.1, 0.15) is 75.3 Å². The Balaban J connectivity index is 0.000000207. The normalized spacial score (nSPS) is 14.8. The van der Waals surface area contributed by atoms with Crippen molar-refractivity contribution in [2.45, 2.75) is 80.1 Å². The fourth-order valence-electron chi connectivity index (χ4n) is 4.88.